The number of benzene rings is 2. The summed E-state index contributed by atoms with van der Waals surface area (Å²) in [5.41, 5.74) is 1.77. The molecule has 0 saturated heterocycles. The van der Waals surface area contributed by atoms with E-state index >= 15 is 0 Å². The molecule has 0 spiro atoms. The summed E-state index contributed by atoms with van der Waals surface area (Å²) in [7, 11) is -3.75. The lowest BCUT2D eigenvalue weighted by molar-refractivity contribution is 0.102. The van der Waals surface area contributed by atoms with E-state index in [1.165, 1.54) is 17.5 Å². The van der Waals surface area contributed by atoms with Crippen LogP contribution in [0.5, 0.6) is 0 Å². The van der Waals surface area contributed by atoms with Crippen molar-refractivity contribution in [2.75, 3.05) is 16.3 Å². The second-order valence-corrected chi connectivity index (χ2v) is 9.06. The molecule has 0 aliphatic carbocycles. The molecule has 9 heteroatoms. The molecule has 27 heavy (non-hydrogen) atoms. The van der Waals surface area contributed by atoms with Gasteiger partial charge in [-0.2, -0.15) is 0 Å². The molecular formula is C18H17N3O3S3. The van der Waals surface area contributed by atoms with Gasteiger partial charge in [0.05, 0.1) is 4.90 Å². The lowest BCUT2D eigenvalue weighted by atomic mass is 10.2. The number of anilines is 2. The van der Waals surface area contributed by atoms with Crippen LogP contribution in [-0.4, -0.2) is 25.6 Å². The Balaban J connectivity index is 1.72. The summed E-state index contributed by atoms with van der Waals surface area (Å²) >= 11 is 2.63. The zero-order chi connectivity index (χ0) is 19.4. The van der Waals surface area contributed by atoms with E-state index in [-0.39, 0.29) is 15.7 Å². The van der Waals surface area contributed by atoms with Gasteiger partial charge >= 0.3 is 0 Å². The average molecular weight is 420 g/mol. The van der Waals surface area contributed by atoms with Gasteiger partial charge < -0.3 is 5.32 Å². The van der Waals surface area contributed by atoms with Crippen molar-refractivity contribution >= 4 is 49.8 Å². The van der Waals surface area contributed by atoms with E-state index in [0.717, 1.165) is 21.8 Å². The summed E-state index contributed by atoms with van der Waals surface area (Å²) in [6.07, 6.45) is 1.95. The van der Waals surface area contributed by atoms with E-state index in [4.69, 9.17) is 0 Å². The molecule has 0 atom stereocenters. The third kappa shape index (κ3) is 4.88. The Kier molecular flexibility index (Phi) is 5.83. The maximum atomic E-state index is 12.4. The van der Waals surface area contributed by atoms with Gasteiger partial charge in [0.2, 0.25) is 0 Å². The fraction of sp³-hybridized carbons (Fsp3) is 0.111. The first-order valence-corrected chi connectivity index (χ1v) is 11.5. The standard InChI is InChI=1S/C18H17N3O3S3/c1-12-6-8-15(9-7-12)27(23,24)21-18-20-16(11-26-18)17(22)19-13-4-3-5-14(10-13)25-2/h3-11H,1-2H3,(H,19,22)(H,20,21). The second kappa shape index (κ2) is 8.12. The molecule has 0 saturated carbocycles. The molecule has 1 heterocycles. The maximum absolute atomic E-state index is 12.4. The number of aryl methyl sites for hydroxylation is 1. The van der Waals surface area contributed by atoms with Crippen LogP contribution in [0.25, 0.3) is 0 Å². The van der Waals surface area contributed by atoms with Crippen LogP contribution in [0.1, 0.15) is 16.1 Å². The van der Waals surface area contributed by atoms with Gasteiger partial charge in [-0.25, -0.2) is 13.4 Å². The Morgan fingerprint density at radius 2 is 1.89 bits per heavy atom. The van der Waals surface area contributed by atoms with E-state index in [1.807, 2.05) is 31.4 Å². The number of nitrogens with zero attached hydrogens (tertiary/aromatic N) is 1. The summed E-state index contributed by atoms with van der Waals surface area (Å²) in [5, 5.41) is 4.41. The highest BCUT2D eigenvalue weighted by atomic mass is 32.2. The number of carbonyl (C=O) groups excluding carboxylic acids is 1. The van der Waals surface area contributed by atoms with Crippen LogP contribution >= 0.6 is 23.1 Å². The molecule has 1 aromatic heterocycles. The number of nitrogens with one attached hydrogen (secondary N) is 2. The van der Waals surface area contributed by atoms with E-state index in [1.54, 1.807) is 30.0 Å². The molecule has 6 nitrogen and oxygen atoms in total. The van der Waals surface area contributed by atoms with Crippen LogP contribution in [0.15, 0.2) is 63.7 Å². The molecule has 140 valence electrons. The predicted molar refractivity (Wildman–Crippen MR) is 110 cm³/mol. The van der Waals surface area contributed by atoms with Crippen molar-refractivity contribution in [1.82, 2.24) is 4.98 Å². The van der Waals surface area contributed by atoms with E-state index in [9.17, 15) is 13.2 Å². The van der Waals surface area contributed by atoms with E-state index in [2.05, 4.69) is 15.0 Å². The van der Waals surface area contributed by atoms with Gasteiger partial charge in [-0.15, -0.1) is 23.1 Å². The highest BCUT2D eigenvalue weighted by Gasteiger charge is 2.18. The highest BCUT2D eigenvalue weighted by Crippen LogP contribution is 2.22. The quantitative estimate of drug-likeness (QED) is 0.584. The lowest BCUT2D eigenvalue weighted by Gasteiger charge is -2.06. The Hall–Kier alpha value is -2.36. The van der Waals surface area contributed by atoms with Crippen LogP contribution in [0.2, 0.25) is 0 Å². The molecule has 0 radical (unpaired) electrons. The number of carbonyl (C=O) groups is 1. The molecular weight excluding hydrogens is 402 g/mol. The molecule has 3 rings (SSSR count). The number of aromatic nitrogens is 1. The van der Waals surface area contributed by atoms with Crippen molar-refractivity contribution in [2.45, 2.75) is 16.7 Å². The van der Waals surface area contributed by atoms with Crippen LogP contribution in [0, 0.1) is 6.92 Å². The molecule has 0 bridgehead atoms. The van der Waals surface area contributed by atoms with Gasteiger partial charge in [0, 0.05) is 16.0 Å². The van der Waals surface area contributed by atoms with Crippen molar-refractivity contribution in [1.29, 1.82) is 0 Å². The van der Waals surface area contributed by atoms with E-state index in [0.29, 0.717) is 5.69 Å². The van der Waals surface area contributed by atoms with Gasteiger partial charge in [0.25, 0.3) is 15.9 Å². The third-order valence-corrected chi connectivity index (χ3v) is 6.58. The minimum Gasteiger partial charge on any atom is -0.321 e. The number of rotatable bonds is 6. The first-order chi connectivity index (χ1) is 12.9. The smallest absolute Gasteiger partial charge is 0.275 e. The number of sulfonamides is 1. The number of thioether (sulfide) groups is 1. The van der Waals surface area contributed by atoms with Crippen LogP contribution in [0.4, 0.5) is 10.8 Å². The molecule has 0 fully saturated rings. The van der Waals surface area contributed by atoms with Crippen molar-refractivity contribution in [3.8, 4) is 0 Å². The topological polar surface area (TPSA) is 88.2 Å². The Labute approximate surface area is 166 Å². The fourth-order valence-electron chi connectivity index (χ4n) is 2.21. The third-order valence-electron chi connectivity index (χ3n) is 3.62. The maximum Gasteiger partial charge on any atom is 0.275 e. The normalized spacial score (nSPS) is 11.2. The summed E-state index contributed by atoms with van der Waals surface area (Å²) in [5.74, 6) is -0.398. The summed E-state index contributed by atoms with van der Waals surface area (Å²) < 4.78 is 27.2. The lowest BCUT2D eigenvalue weighted by Crippen LogP contribution is -2.14. The van der Waals surface area contributed by atoms with Crippen molar-refractivity contribution in [3.63, 3.8) is 0 Å². The van der Waals surface area contributed by atoms with Crippen LogP contribution < -0.4 is 10.0 Å². The van der Waals surface area contributed by atoms with Crippen molar-refractivity contribution in [2.24, 2.45) is 0 Å². The van der Waals surface area contributed by atoms with Gasteiger partial charge in [0.15, 0.2) is 5.13 Å². The summed E-state index contributed by atoms with van der Waals surface area (Å²) in [6, 6.07) is 13.9. The first-order valence-electron chi connectivity index (χ1n) is 7.88. The zero-order valence-electron chi connectivity index (χ0n) is 14.6. The first kappa shape index (κ1) is 19.4. The van der Waals surface area contributed by atoms with E-state index < -0.39 is 15.9 Å². The van der Waals surface area contributed by atoms with Gasteiger partial charge in [-0.05, 0) is 43.5 Å². The Morgan fingerprint density at radius 3 is 2.59 bits per heavy atom. The monoisotopic (exact) mass is 419 g/mol. The van der Waals surface area contributed by atoms with Gasteiger partial charge in [-0.3, -0.25) is 9.52 Å². The number of amides is 1. The summed E-state index contributed by atoms with van der Waals surface area (Å²) in [6.45, 7) is 1.88. The van der Waals surface area contributed by atoms with Gasteiger partial charge in [-0.1, -0.05) is 23.8 Å². The largest absolute Gasteiger partial charge is 0.321 e. The summed E-state index contributed by atoms with van der Waals surface area (Å²) in [4.78, 5) is 17.6. The number of thiazole rings is 1. The molecule has 0 aliphatic rings. The minimum atomic E-state index is -3.75. The molecule has 2 N–H and O–H groups in total. The molecule has 3 aromatic rings. The molecule has 0 unspecified atom stereocenters. The molecule has 2 aromatic carbocycles. The van der Waals surface area contributed by atoms with Crippen molar-refractivity contribution in [3.05, 3.63) is 65.2 Å². The Bertz CT molecular complexity index is 1060. The zero-order valence-corrected chi connectivity index (χ0v) is 17.0. The minimum absolute atomic E-state index is 0.138. The second-order valence-electron chi connectivity index (χ2n) is 5.64. The molecule has 0 aliphatic heterocycles. The molecule has 1 amide bonds. The van der Waals surface area contributed by atoms with Crippen LogP contribution in [-0.2, 0) is 10.0 Å². The fourth-order valence-corrected chi connectivity index (χ4v) is 4.62. The number of hydrogen-bond acceptors (Lipinski definition) is 6. The SMILES string of the molecule is CSc1cccc(NC(=O)c2csc(NS(=O)(=O)c3ccc(C)cc3)n2)c1. The predicted octanol–water partition coefficient (Wildman–Crippen LogP) is 4.23. The van der Waals surface area contributed by atoms with Crippen LogP contribution in [0.3, 0.4) is 0 Å². The highest BCUT2D eigenvalue weighted by molar-refractivity contribution is 7.98. The Morgan fingerprint density at radius 1 is 1.15 bits per heavy atom. The average Bonchev–Trinajstić information content (AvgIpc) is 3.10. The van der Waals surface area contributed by atoms with Crippen molar-refractivity contribution < 1.29 is 13.2 Å². The number of hydrogen-bond donors (Lipinski definition) is 2. The van der Waals surface area contributed by atoms with Gasteiger partial charge in [0.1, 0.15) is 5.69 Å².